The topological polar surface area (TPSA) is 29.5 Å². The van der Waals surface area contributed by atoms with E-state index in [1.165, 1.54) is 0 Å². The Morgan fingerprint density at radius 1 is 0.658 bits per heavy atom. The monoisotopic (exact) mass is 598 g/mol. The van der Waals surface area contributed by atoms with Crippen molar-refractivity contribution in [3.05, 3.63) is 29.8 Å². The Kier molecular flexibility index (Phi) is 8.97. The molecule has 1 atom stereocenters. The summed E-state index contributed by atoms with van der Waals surface area (Å²) in [5.74, 6) is -57.2. The molecule has 0 aromatic heterocycles. The van der Waals surface area contributed by atoms with Gasteiger partial charge in [0.25, 0.3) is 0 Å². The molecule has 0 heterocycles. The summed E-state index contributed by atoms with van der Waals surface area (Å²) in [5, 5.41) is 9.73. The van der Waals surface area contributed by atoms with E-state index >= 15 is 0 Å². The van der Waals surface area contributed by atoms with Crippen molar-refractivity contribution in [1.29, 1.82) is 0 Å². The zero-order valence-electron chi connectivity index (χ0n) is 18.3. The summed E-state index contributed by atoms with van der Waals surface area (Å²) < 4.78 is 231. The first-order chi connectivity index (χ1) is 16.7. The molecule has 0 aliphatic carbocycles. The van der Waals surface area contributed by atoms with Gasteiger partial charge in [0.2, 0.25) is 0 Å². The van der Waals surface area contributed by atoms with Gasteiger partial charge >= 0.3 is 47.6 Å². The minimum atomic E-state index is -8.69. The van der Waals surface area contributed by atoms with E-state index in [1.54, 1.807) is 6.92 Å². The SMILES string of the molecule is CCCOc1cccc(C(O)CC(F)(F)C(F)(F)C(F)(F)C(F)(F)C(F)(F)C(F)(F)C(F)(F)C(F)(F)F)c1. The number of rotatable bonds is 12. The van der Waals surface area contributed by atoms with Crippen molar-refractivity contribution in [3.63, 3.8) is 0 Å². The molecule has 1 aromatic carbocycles. The average molecular weight is 598 g/mol. The van der Waals surface area contributed by atoms with Crippen LogP contribution in [0.5, 0.6) is 5.75 Å². The van der Waals surface area contributed by atoms with Crippen molar-refractivity contribution < 1.29 is 84.5 Å². The quantitative estimate of drug-likeness (QED) is 0.248. The third-order valence-corrected chi connectivity index (χ3v) is 4.95. The molecule has 0 aliphatic rings. The highest BCUT2D eigenvalue weighted by molar-refractivity contribution is 5.30. The van der Waals surface area contributed by atoms with Crippen molar-refractivity contribution in [2.75, 3.05) is 6.61 Å². The molecule has 38 heavy (non-hydrogen) atoms. The minimum absolute atomic E-state index is 0.0126. The Bertz CT molecular complexity index is 955. The van der Waals surface area contributed by atoms with E-state index in [0.29, 0.717) is 18.6 Å². The van der Waals surface area contributed by atoms with Gasteiger partial charge in [-0.2, -0.15) is 74.6 Å². The molecule has 1 rings (SSSR count). The fraction of sp³-hybridized carbons (Fsp3) is 0.684. The van der Waals surface area contributed by atoms with Crippen LogP contribution in [0, 0.1) is 0 Å². The maximum atomic E-state index is 14.1. The van der Waals surface area contributed by atoms with Gasteiger partial charge in [0, 0.05) is 6.42 Å². The van der Waals surface area contributed by atoms with E-state index in [9.17, 15) is 79.7 Å². The van der Waals surface area contributed by atoms with E-state index < -0.39 is 65.7 Å². The summed E-state index contributed by atoms with van der Waals surface area (Å²) in [6.07, 6.45) is -13.4. The van der Waals surface area contributed by atoms with Gasteiger partial charge in [0.05, 0.1) is 12.7 Å². The molecule has 222 valence electrons. The lowest BCUT2D eigenvalue weighted by Gasteiger charge is -2.43. The second kappa shape index (κ2) is 10.1. The molecule has 1 unspecified atom stereocenters. The normalized spacial score (nSPS) is 16.0. The predicted octanol–water partition coefficient (Wildman–Crippen LogP) is 7.91. The Hall–Kier alpha value is -2.21. The molecular formula is C19H15F17O2. The molecule has 0 saturated heterocycles. The van der Waals surface area contributed by atoms with Crippen LogP contribution < -0.4 is 4.74 Å². The van der Waals surface area contributed by atoms with E-state index in [-0.39, 0.29) is 12.4 Å². The Morgan fingerprint density at radius 2 is 1.08 bits per heavy atom. The maximum absolute atomic E-state index is 14.1. The van der Waals surface area contributed by atoms with Crippen LogP contribution in [-0.2, 0) is 0 Å². The summed E-state index contributed by atoms with van der Waals surface area (Å²) in [7, 11) is 0. The van der Waals surface area contributed by atoms with Crippen molar-refractivity contribution in [3.8, 4) is 5.75 Å². The van der Waals surface area contributed by atoms with Gasteiger partial charge in [-0.3, -0.25) is 0 Å². The largest absolute Gasteiger partial charge is 0.494 e. The van der Waals surface area contributed by atoms with Crippen molar-refractivity contribution in [2.24, 2.45) is 0 Å². The molecule has 2 nitrogen and oxygen atoms in total. The molecular weight excluding hydrogens is 583 g/mol. The second-order valence-electron chi connectivity index (χ2n) is 7.79. The number of aliphatic hydroxyl groups is 1. The van der Waals surface area contributed by atoms with Crippen LogP contribution in [0.2, 0.25) is 0 Å². The molecule has 1 N–H and O–H groups in total. The van der Waals surface area contributed by atoms with Gasteiger partial charge in [-0.05, 0) is 24.1 Å². The standard InChI is InChI=1S/C19H15F17O2/c1-2-6-38-10-5-3-4-9(7-10)11(37)8-12(20,21)13(22,23)14(24,25)15(26,27)16(28,29)17(30,31)18(32,33)19(34,35)36/h3-5,7,11,37H,2,6,8H2,1H3. The third kappa shape index (κ3) is 5.17. The number of benzene rings is 1. The third-order valence-electron chi connectivity index (χ3n) is 4.95. The first-order valence-corrected chi connectivity index (χ1v) is 9.79. The minimum Gasteiger partial charge on any atom is -0.494 e. The number of ether oxygens (including phenoxy) is 1. The highest BCUT2D eigenvalue weighted by Gasteiger charge is 2.95. The highest BCUT2D eigenvalue weighted by atomic mass is 19.4. The lowest BCUT2D eigenvalue weighted by atomic mass is 9.87. The molecule has 0 aliphatic heterocycles. The fourth-order valence-electron chi connectivity index (χ4n) is 2.72. The van der Waals surface area contributed by atoms with Crippen LogP contribution in [0.3, 0.4) is 0 Å². The Labute approximate surface area is 201 Å². The molecule has 1 aromatic rings. The maximum Gasteiger partial charge on any atom is 0.460 e. The van der Waals surface area contributed by atoms with Gasteiger partial charge in [0.15, 0.2) is 0 Å². The van der Waals surface area contributed by atoms with E-state index in [4.69, 9.17) is 4.74 Å². The lowest BCUT2D eigenvalue weighted by Crippen LogP contribution is -2.74. The molecule has 0 saturated carbocycles. The summed E-state index contributed by atoms with van der Waals surface area (Å²) in [4.78, 5) is 0. The number of hydrogen-bond donors (Lipinski definition) is 1. The molecule has 0 amide bonds. The zero-order valence-corrected chi connectivity index (χ0v) is 18.3. The zero-order chi connectivity index (χ0) is 30.4. The fourth-order valence-corrected chi connectivity index (χ4v) is 2.72. The van der Waals surface area contributed by atoms with E-state index in [2.05, 4.69) is 0 Å². The van der Waals surface area contributed by atoms with Crippen LogP contribution in [0.4, 0.5) is 74.6 Å². The lowest BCUT2D eigenvalue weighted by molar-refractivity contribution is -0.462. The smallest absolute Gasteiger partial charge is 0.460 e. The predicted molar refractivity (Wildman–Crippen MR) is 92.5 cm³/mol. The van der Waals surface area contributed by atoms with Crippen molar-refractivity contribution in [2.45, 2.75) is 73.5 Å². The molecule has 19 heteroatoms. The Balaban J connectivity index is 3.47. The van der Waals surface area contributed by atoms with Gasteiger partial charge in [0.1, 0.15) is 5.75 Å². The highest BCUT2D eigenvalue weighted by Crippen LogP contribution is 2.64. The van der Waals surface area contributed by atoms with E-state index in [1.807, 2.05) is 0 Å². The number of halogens is 17. The van der Waals surface area contributed by atoms with Gasteiger partial charge in [-0.1, -0.05) is 19.1 Å². The first-order valence-electron chi connectivity index (χ1n) is 9.79. The molecule has 0 radical (unpaired) electrons. The van der Waals surface area contributed by atoms with Crippen molar-refractivity contribution in [1.82, 2.24) is 0 Å². The average Bonchev–Trinajstić information content (AvgIpc) is 2.75. The first kappa shape index (κ1) is 33.8. The van der Waals surface area contributed by atoms with Crippen LogP contribution in [0.1, 0.15) is 31.4 Å². The molecule has 0 spiro atoms. The number of aliphatic hydroxyl groups excluding tert-OH is 1. The second-order valence-corrected chi connectivity index (χ2v) is 7.79. The van der Waals surface area contributed by atoms with Crippen LogP contribution >= 0.6 is 0 Å². The van der Waals surface area contributed by atoms with Crippen LogP contribution in [0.25, 0.3) is 0 Å². The summed E-state index contributed by atoms with van der Waals surface area (Å²) in [5.41, 5.74) is -0.800. The van der Waals surface area contributed by atoms with Crippen LogP contribution in [0.15, 0.2) is 24.3 Å². The summed E-state index contributed by atoms with van der Waals surface area (Å²) >= 11 is 0. The summed E-state index contributed by atoms with van der Waals surface area (Å²) in [6.45, 7) is 1.59. The number of hydrogen-bond acceptors (Lipinski definition) is 2. The van der Waals surface area contributed by atoms with Gasteiger partial charge in [-0.15, -0.1) is 0 Å². The van der Waals surface area contributed by atoms with Gasteiger partial charge in [-0.25, -0.2) is 0 Å². The van der Waals surface area contributed by atoms with Gasteiger partial charge < -0.3 is 9.84 Å². The Morgan fingerprint density at radius 3 is 1.50 bits per heavy atom. The van der Waals surface area contributed by atoms with Crippen molar-refractivity contribution >= 4 is 0 Å². The molecule has 0 fully saturated rings. The molecule has 0 bridgehead atoms. The number of alkyl halides is 17. The summed E-state index contributed by atoms with van der Waals surface area (Å²) in [6, 6.07) is 3.48. The van der Waals surface area contributed by atoms with Crippen LogP contribution in [-0.4, -0.2) is 59.3 Å². The van der Waals surface area contributed by atoms with E-state index in [0.717, 1.165) is 12.1 Å².